The van der Waals surface area contributed by atoms with E-state index in [0.29, 0.717) is 5.82 Å². The first-order valence-corrected chi connectivity index (χ1v) is 7.26. The molecule has 0 saturated heterocycles. The number of nitrogens with one attached hydrogen (secondary N) is 1. The van der Waals surface area contributed by atoms with Crippen molar-refractivity contribution in [3.05, 3.63) is 54.9 Å². The van der Waals surface area contributed by atoms with E-state index < -0.39 is 0 Å². The fourth-order valence-corrected chi connectivity index (χ4v) is 2.26. The molecule has 3 rings (SSSR count). The molecular weight excluding hydrogens is 274 g/mol. The molecule has 4 heteroatoms. The molecule has 0 unspecified atom stereocenters. The van der Waals surface area contributed by atoms with Gasteiger partial charge in [-0.05, 0) is 23.6 Å². The van der Waals surface area contributed by atoms with Gasteiger partial charge in [-0.25, -0.2) is 4.98 Å². The molecule has 1 aromatic carbocycles. The van der Waals surface area contributed by atoms with Crippen molar-refractivity contribution in [2.24, 2.45) is 5.92 Å². The van der Waals surface area contributed by atoms with Crippen molar-refractivity contribution in [2.45, 2.75) is 13.8 Å². The van der Waals surface area contributed by atoms with E-state index in [1.54, 1.807) is 12.4 Å². The second kappa shape index (κ2) is 5.93. The normalized spacial score (nSPS) is 10.9. The third kappa shape index (κ3) is 2.81. The summed E-state index contributed by atoms with van der Waals surface area (Å²) in [7, 11) is 0. The number of nitrogens with zero attached hydrogens (tertiary/aromatic N) is 2. The van der Waals surface area contributed by atoms with Gasteiger partial charge < -0.3 is 5.32 Å². The van der Waals surface area contributed by atoms with Crippen molar-refractivity contribution in [3.8, 4) is 11.3 Å². The molecule has 3 aromatic rings. The van der Waals surface area contributed by atoms with Gasteiger partial charge in [-0.3, -0.25) is 9.78 Å². The molecule has 0 fully saturated rings. The van der Waals surface area contributed by atoms with Crippen LogP contribution in [0.3, 0.4) is 0 Å². The van der Waals surface area contributed by atoms with E-state index >= 15 is 0 Å². The summed E-state index contributed by atoms with van der Waals surface area (Å²) in [6.45, 7) is 3.72. The van der Waals surface area contributed by atoms with Gasteiger partial charge in [0.05, 0.1) is 5.69 Å². The highest BCUT2D eigenvalue weighted by Crippen LogP contribution is 2.28. The highest BCUT2D eigenvalue weighted by Gasteiger charge is 2.12. The van der Waals surface area contributed by atoms with Crippen LogP contribution in [0.2, 0.25) is 0 Å². The Morgan fingerprint density at radius 2 is 1.95 bits per heavy atom. The Bertz CT molecular complexity index is 813. The molecule has 110 valence electrons. The lowest BCUT2D eigenvalue weighted by Gasteiger charge is -2.11. The van der Waals surface area contributed by atoms with Gasteiger partial charge in [0.25, 0.3) is 0 Å². The maximum absolute atomic E-state index is 11.9. The molecule has 2 aromatic heterocycles. The Hall–Kier alpha value is -2.75. The molecule has 0 atom stereocenters. The lowest BCUT2D eigenvalue weighted by molar-refractivity contribution is -0.118. The van der Waals surface area contributed by atoms with Crippen LogP contribution in [0.25, 0.3) is 22.0 Å². The predicted molar refractivity (Wildman–Crippen MR) is 88.4 cm³/mol. The Balaban J connectivity index is 2.15. The highest BCUT2D eigenvalue weighted by molar-refractivity contribution is 5.99. The molecule has 0 saturated carbocycles. The van der Waals surface area contributed by atoms with Crippen LogP contribution in [-0.4, -0.2) is 15.9 Å². The minimum absolute atomic E-state index is 0.0417. The molecule has 0 bridgehead atoms. The summed E-state index contributed by atoms with van der Waals surface area (Å²) in [6, 6.07) is 13.7. The summed E-state index contributed by atoms with van der Waals surface area (Å²) in [4.78, 5) is 20.7. The first-order valence-electron chi connectivity index (χ1n) is 7.26. The minimum Gasteiger partial charge on any atom is -0.310 e. The van der Waals surface area contributed by atoms with E-state index in [9.17, 15) is 4.79 Å². The number of hydrogen-bond donors (Lipinski definition) is 1. The molecule has 0 aliphatic carbocycles. The maximum atomic E-state index is 11.9. The Morgan fingerprint density at radius 3 is 2.68 bits per heavy atom. The van der Waals surface area contributed by atoms with Gasteiger partial charge in [0.2, 0.25) is 5.91 Å². The fourth-order valence-electron chi connectivity index (χ4n) is 2.26. The number of carbonyl (C=O) groups excluding carboxylic acids is 1. The SMILES string of the molecule is CC(C)C(=O)Nc1cc2ccccc2c(-c2cccnc2)n1. The molecule has 22 heavy (non-hydrogen) atoms. The fraction of sp³-hybridized carbons (Fsp3) is 0.167. The number of aromatic nitrogens is 2. The first kappa shape index (κ1) is 14.2. The van der Waals surface area contributed by atoms with Gasteiger partial charge in [-0.1, -0.05) is 38.1 Å². The van der Waals surface area contributed by atoms with Crippen LogP contribution < -0.4 is 5.32 Å². The van der Waals surface area contributed by atoms with Gasteiger partial charge in [-0.2, -0.15) is 0 Å². The van der Waals surface area contributed by atoms with Crippen LogP contribution in [0.1, 0.15) is 13.8 Å². The van der Waals surface area contributed by atoms with Crippen LogP contribution >= 0.6 is 0 Å². The summed E-state index contributed by atoms with van der Waals surface area (Å²) in [5, 5.41) is 4.95. The molecule has 2 heterocycles. The van der Waals surface area contributed by atoms with E-state index in [4.69, 9.17) is 0 Å². The average Bonchev–Trinajstić information content (AvgIpc) is 2.55. The Kier molecular flexibility index (Phi) is 3.83. The first-order chi connectivity index (χ1) is 10.6. The zero-order chi connectivity index (χ0) is 15.5. The Labute approximate surface area is 129 Å². The number of fused-ring (bicyclic) bond motifs is 1. The second-order valence-electron chi connectivity index (χ2n) is 5.46. The van der Waals surface area contributed by atoms with E-state index in [1.807, 2.05) is 56.3 Å². The predicted octanol–water partition coefficient (Wildman–Crippen LogP) is 3.89. The Morgan fingerprint density at radius 1 is 1.14 bits per heavy atom. The largest absolute Gasteiger partial charge is 0.310 e. The summed E-state index contributed by atoms with van der Waals surface area (Å²) >= 11 is 0. The van der Waals surface area contributed by atoms with Crippen molar-refractivity contribution in [3.63, 3.8) is 0 Å². The highest BCUT2D eigenvalue weighted by atomic mass is 16.1. The smallest absolute Gasteiger partial charge is 0.228 e. The summed E-state index contributed by atoms with van der Waals surface area (Å²) in [5.41, 5.74) is 1.75. The second-order valence-corrected chi connectivity index (χ2v) is 5.46. The van der Waals surface area contributed by atoms with Gasteiger partial charge in [0.1, 0.15) is 5.82 Å². The summed E-state index contributed by atoms with van der Waals surface area (Å²) in [5.74, 6) is 0.436. The summed E-state index contributed by atoms with van der Waals surface area (Å²) in [6.07, 6.45) is 3.51. The van der Waals surface area contributed by atoms with Crippen LogP contribution in [0, 0.1) is 5.92 Å². The van der Waals surface area contributed by atoms with Crippen LogP contribution in [-0.2, 0) is 4.79 Å². The van der Waals surface area contributed by atoms with Gasteiger partial charge in [-0.15, -0.1) is 0 Å². The third-order valence-corrected chi connectivity index (χ3v) is 3.45. The molecule has 1 N–H and O–H groups in total. The number of carbonyl (C=O) groups is 1. The monoisotopic (exact) mass is 291 g/mol. The minimum atomic E-state index is -0.0879. The van der Waals surface area contributed by atoms with Crippen LogP contribution in [0.4, 0.5) is 5.82 Å². The van der Waals surface area contributed by atoms with E-state index in [1.165, 1.54) is 0 Å². The number of hydrogen-bond acceptors (Lipinski definition) is 3. The molecule has 0 aliphatic rings. The quantitative estimate of drug-likeness (QED) is 0.796. The molecule has 0 aliphatic heterocycles. The number of amides is 1. The zero-order valence-electron chi connectivity index (χ0n) is 12.6. The van der Waals surface area contributed by atoms with E-state index in [2.05, 4.69) is 15.3 Å². The number of benzene rings is 1. The van der Waals surface area contributed by atoms with Crippen LogP contribution in [0.5, 0.6) is 0 Å². The molecule has 1 amide bonds. The number of anilines is 1. The lowest BCUT2D eigenvalue weighted by Crippen LogP contribution is -2.18. The third-order valence-electron chi connectivity index (χ3n) is 3.45. The number of pyridine rings is 2. The van der Waals surface area contributed by atoms with Crippen molar-refractivity contribution in [1.29, 1.82) is 0 Å². The standard InChI is InChI=1S/C18H17N3O/c1-12(2)18(22)21-16-10-13-6-3-4-8-15(13)17(20-16)14-7-5-9-19-11-14/h3-12H,1-2H3,(H,20,21,22). The topological polar surface area (TPSA) is 54.9 Å². The van der Waals surface area contributed by atoms with Crippen molar-refractivity contribution in [1.82, 2.24) is 9.97 Å². The molecular formula is C18H17N3O. The van der Waals surface area contributed by atoms with Gasteiger partial charge >= 0.3 is 0 Å². The van der Waals surface area contributed by atoms with E-state index in [0.717, 1.165) is 22.0 Å². The van der Waals surface area contributed by atoms with Gasteiger partial charge in [0, 0.05) is 29.3 Å². The maximum Gasteiger partial charge on any atom is 0.228 e. The van der Waals surface area contributed by atoms with E-state index in [-0.39, 0.29) is 11.8 Å². The van der Waals surface area contributed by atoms with Crippen LogP contribution in [0.15, 0.2) is 54.9 Å². The summed E-state index contributed by atoms with van der Waals surface area (Å²) < 4.78 is 0. The lowest BCUT2D eigenvalue weighted by atomic mass is 10.1. The van der Waals surface area contributed by atoms with Crippen molar-refractivity contribution in [2.75, 3.05) is 5.32 Å². The molecule has 0 radical (unpaired) electrons. The molecule has 0 spiro atoms. The van der Waals surface area contributed by atoms with Crippen molar-refractivity contribution >= 4 is 22.5 Å². The number of rotatable bonds is 3. The van der Waals surface area contributed by atoms with Gasteiger partial charge in [0.15, 0.2) is 0 Å². The average molecular weight is 291 g/mol. The zero-order valence-corrected chi connectivity index (χ0v) is 12.6. The van der Waals surface area contributed by atoms with Crippen molar-refractivity contribution < 1.29 is 4.79 Å². The molecule has 4 nitrogen and oxygen atoms in total.